The lowest BCUT2D eigenvalue weighted by molar-refractivity contribution is -0.141. The Hall–Kier alpha value is -3.17. The van der Waals surface area contributed by atoms with Crippen molar-refractivity contribution >= 4 is 23.3 Å². The zero-order valence-corrected chi connectivity index (χ0v) is 19.7. The predicted octanol–water partition coefficient (Wildman–Crippen LogP) is 4.92. The molecule has 0 atom stereocenters. The number of hydrogen-bond acceptors (Lipinski definition) is 4. The molecule has 0 amide bonds. The van der Waals surface area contributed by atoms with Crippen LogP contribution in [0.1, 0.15) is 35.7 Å². The molecule has 3 aliphatic heterocycles. The Morgan fingerprint density at radius 1 is 1.00 bits per heavy atom. The number of aryl methyl sites for hydroxylation is 1. The third-order valence-electron chi connectivity index (χ3n) is 7.14. The smallest absolute Gasteiger partial charge is 0.347 e. The van der Waals surface area contributed by atoms with Crippen molar-refractivity contribution in [3.63, 3.8) is 0 Å². The molecule has 7 rings (SSSR count). The van der Waals surface area contributed by atoms with Gasteiger partial charge < -0.3 is 4.57 Å². The second-order valence-corrected chi connectivity index (χ2v) is 9.10. The molecule has 0 N–H and O–H groups in total. The van der Waals surface area contributed by atoms with Crippen molar-refractivity contribution in [3.8, 4) is 16.9 Å². The summed E-state index contributed by atoms with van der Waals surface area (Å²) in [5, 5.41) is 8.12. The summed E-state index contributed by atoms with van der Waals surface area (Å²) in [7, 11) is 2.11. The van der Waals surface area contributed by atoms with Crippen LogP contribution in [0.15, 0.2) is 53.5 Å². The van der Waals surface area contributed by atoms with E-state index in [9.17, 15) is 18.0 Å². The zero-order valence-electron chi connectivity index (χ0n) is 18.9. The first-order chi connectivity index (χ1) is 16.3. The first-order valence-corrected chi connectivity index (χ1v) is 11.3. The van der Waals surface area contributed by atoms with Gasteiger partial charge in [-0.2, -0.15) is 13.2 Å². The fraction of sp³-hybridized carbons (Fsp3) is 0.320. The number of fused-ring (bicyclic) bond motifs is 3. The van der Waals surface area contributed by atoms with Crippen LogP contribution in [0, 0.1) is 0 Å². The van der Waals surface area contributed by atoms with Crippen molar-refractivity contribution in [2.24, 2.45) is 7.05 Å². The van der Waals surface area contributed by atoms with Crippen LogP contribution in [-0.4, -0.2) is 37.3 Å². The predicted molar refractivity (Wildman–Crippen MR) is 129 cm³/mol. The fourth-order valence-electron chi connectivity index (χ4n) is 5.44. The van der Waals surface area contributed by atoms with Gasteiger partial charge in [-0.1, -0.05) is 6.07 Å². The molecule has 0 unspecified atom stereocenters. The van der Waals surface area contributed by atoms with Crippen molar-refractivity contribution in [2.75, 3.05) is 13.1 Å². The number of benzene rings is 1. The molecule has 10 heteroatoms. The van der Waals surface area contributed by atoms with E-state index in [-0.39, 0.29) is 23.7 Å². The molecular weight excluding hydrogens is 479 g/mol. The Labute approximate surface area is 205 Å². The van der Waals surface area contributed by atoms with E-state index in [1.807, 2.05) is 12.1 Å². The molecule has 1 aromatic carbocycles. The van der Waals surface area contributed by atoms with Gasteiger partial charge in [0.25, 0.3) is 5.56 Å². The molecule has 182 valence electrons. The highest BCUT2D eigenvalue weighted by Crippen LogP contribution is 2.40. The molecule has 1 saturated heterocycles. The summed E-state index contributed by atoms with van der Waals surface area (Å²) in [5.74, 6) is 0.571. The highest BCUT2D eigenvalue weighted by molar-refractivity contribution is 5.87. The van der Waals surface area contributed by atoms with Gasteiger partial charge in [-0.05, 0) is 61.8 Å². The third-order valence-corrected chi connectivity index (χ3v) is 7.14. The molecule has 1 fully saturated rings. The number of aromatic nitrogens is 4. The lowest BCUT2D eigenvalue weighted by Crippen LogP contribution is -2.29. The fourth-order valence-corrected chi connectivity index (χ4v) is 5.44. The summed E-state index contributed by atoms with van der Waals surface area (Å²) in [6, 6.07) is 11.2. The number of pyridine rings is 1. The summed E-state index contributed by atoms with van der Waals surface area (Å²) in [5.41, 5.74) is 3.92. The quantitative estimate of drug-likeness (QED) is 0.391. The van der Waals surface area contributed by atoms with Gasteiger partial charge in [0.2, 0.25) is 0 Å². The summed E-state index contributed by atoms with van der Waals surface area (Å²) in [6.07, 6.45) is -0.574. The van der Waals surface area contributed by atoms with Gasteiger partial charge in [0.15, 0.2) is 5.69 Å². The zero-order chi connectivity index (χ0) is 23.6. The molecule has 6 nitrogen and oxygen atoms in total. The molecule has 0 aliphatic carbocycles. The highest BCUT2D eigenvalue weighted by Gasteiger charge is 2.33. The highest BCUT2D eigenvalue weighted by atomic mass is 35.5. The minimum atomic E-state index is -4.56. The summed E-state index contributed by atoms with van der Waals surface area (Å²) in [6.45, 7) is 3.25. The van der Waals surface area contributed by atoms with E-state index >= 15 is 0 Å². The van der Waals surface area contributed by atoms with Gasteiger partial charge >= 0.3 is 6.18 Å². The van der Waals surface area contributed by atoms with Gasteiger partial charge in [0, 0.05) is 48.4 Å². The first-order valence-electron chi connectivity index (χ1n) is 11.3. The van der Waals surface area contributed by atoms with Gasteiger partial charge in [-0.25, -0.2) is 0 Å². The Balaban J connectivity index is 0.00000253. The maximum absolute atomic E-state index is 12.9. The van der Waals surface area contributed by atoms with Crippen molar-refractivity contribution in [1.29, 1.82) is 0 Å². The maximum atomic E-state index is 12.9. The molecule has 0 radical (unpaired) electrons. The number of nitrogens with zero attached hydrogens (tertiary/aromatic N) is 5. The van der Waals surface area contributed by atoms with E-state index in [4.69, 9.17) is 0 Å². The van der Waals surface area contributed by atoms with Crippen molar-refractivity contribution in [3.05, 3.63) is 76.0 Å². The molecule has 4 aromatic rings. The summed E-state index contributed by atoms with van der Waals surface area (Å²) < 4.78 is 42.1. The van der Waals surface area contributed by atoms with E-state index < -0.39 is 11.9 Å². The monoisotopic (exact) mass is 501 g/mol. The average molecular weight is 502 g/mol. The molecular formula is C25H23ClF3N5O. The minimum absolute atomic E-state index is 0. The molecule has 0 saturated carbocycles. The van der Waals surface area contributed by atoms with Crippen LogP contribution < -0.4 is 5.56 Å². The van der Waals surface area contributed by atoms with Crippen LogP contribution in [0.25, 0.3) is 27.8 Å². The Morgan fingerprint density at radius 2 is 1.77 bits per heavy atom. The normalized spacial score (nSPS) is 19.3. The lowest BCUT2D eigenvalue weighted by Gasteiger charge is -2.27. The number of rotatable bonds is 2. The topological polar surface area (TPSA) is 56.0 Å². The molecule has 0 spiro atoms. The van der Waals surface area contributed by atoms with E-state index in [1.54, 1.807) is 12.3 Å². The Bertz CT molecular complexity index is 1470. The lowest BCUT2D eigenvalue weighted by atomic mass is 9.94. The van der Waals surface area contributed by atoms with Crippen molar-refractivity contribution < 1.29 is 13.2 Å². The maximum Gasteiger partial charge on any atom is 0.435 e. The standard InChI is InChI=1S/C25H22F3N5O.ClH/c1-31-21-13-17(2-3-18(21)19-14-32-9-6-15(7-10-32)24(19)31)33-11-8-16(12-23(33)34)20-4-5-22(30-29-20)25(26,27)28;/h2-5,8,11-13,15H,6-7,9-10,14H2,1H3;1H. The summed E-state index contributed by atoms with van der Waals surface area (Å²) in [4.78, 5) is 15.4. The Kier molecular flexibility index (Phi) is 5.72. The van der Waals surface area contributed by atoms with Crippen molar-refractivity contribution in [1.82, 2.24) is 24.2 Å². The van der Waals surface area contributed by atoms with Crippen molar-refractivity contribution in [2.45, 2.75) is 31.5 Å². The number of piperidine rings is 1. The summed E-state index contributed by atoms with van der Waals surface area (Å²) >= 11 is 0. The largest absolute Gasteiger partial charge is 0.435 e. The van der Waals surface area contributed by atoms with Crippen LogP contribution in [-0.2, 0) is 19.8 Å². The number of hydrogen-bond donors (Lipinski definition) is 0. The van der Waals surface area contributed by atoms with E-state index in [0.717, 1.165) is 36.9 Å². The van der Waals surface area contributed by atoms with E-state index in [1.165, 1.54) is 46.2 Å². The molecule has 3 aromatic heterocycles. The van der Waals surface area contributed by atoms with E-state index in [2.05, 4.69) is 32.8 Å². The van der Waals surface area contributed by atoms with Gasteiger partial charge in [0.1, 0.15) is 0 Å². The van der Waals surface area contributed by atoms with Gasteiger partial charge in [-0.15, -0.1) is 22.6 Å². The third kappa shape index (κ3) is 3.92. The average Bonchev–Trinajstić information content (AvgIpc) is 2.97. The van der Waals surface area contributed by atoms with Crippen LogP contribution >= 0.6 is 12.4 Å². The second-order valence-electron chi connectivity index (χ2n) is 9.10. The Morgan fingerprint density at radius 3 is 2.43 bits per heavy atom. The number of halogens is 4. The second kappa shape index (κ2) is 8.49. The van der Waals surface area contributed by atoms with E-state index in [0.29, 0.717) is 11.5 Å². The van der Waals surface area contributed by atoms with Crippen LogP contribution in [0.5, 0.6) is 0 Å². The minimum Gasteiger partial charge on any atom is -0.347 e. The molecule has 6 heterocycles. The van der Waals surface area contributed by atoms with Gasteiger partial charge in [-0.3, -0.25) is 14.3 Å². The SMILES string of the molecule is Cl.Cn1c2c(c3ccc(-n4ccc(-c5ccc(C(F)(F)F)nn5)cc4=O)cc31)CN1CCC2CC1. The van der Waals surface area contributed by atoms with Gasteiger partial charge in [0.05, 0.1) is 16.9 Å². The van der Waals surface area contributed by atoms with Crippen LogP contribution in [0.4, 0.5) is 13.2 Å². The van der Waals surface area contributed by atoms with Crippen LogP contribution in [0.3, 0.4) is 0 Å². The van der Waals surface area contributed by atoms with Crippen LogP contribution in [0.2, 0.25) is 0 Å². The molecule has 2 bridgehead atoms. The molecule has 3 aliphatic rings. The number of alkyl halides is 3. The first kappa shape index (κ1) is 23.6. The molecule has 35 heavy (non-hydrogen) atoms.